The van der Waals surface area contributed by atoms with E-state index in [0.717, 1.165) is 30.7 Å². The molecule has 1 aliphatic carbocycles. The second-order valence-corrected chi connectivity index (χ2v) is 5.95. The number of ether oxygens (including phenoxy) is 3. The molecule has 0 amide bonds. The van der Waals surface area contributed by atoms with E-state index in [1.54, 1.807) is 18.2 Å². The zero-order valence-electron chi connectivity index (χ0n) is 14.0. The monoisotopic (exact) mass is 373 g/mol. The second-order valence-electron chi connectivity index (χ2n) is 5.95. The lowest BCUT2D eigenvalue weighted by Gasteiger charge is -2.21. The van der Waals surface area contributed by atoms with Crippen molar-refractivity contribution in [3.63, 3.8) is 0 Å². The summed E-state index contributed by atoms with van der Waals surface area (Å²) in [6.07, 6.45) is 5.71. The van der Waals surface area contributed by atoms with Gasteiger partial charge in [-0.1, -0.05) is 18.2 Å². The van der Waals surface area contributed by atoms with Gasteiger partial charge in [0.25, 0.3) is 0 Å². The molecule has 0 saturated heterocycles. The van der Waals surface area contributed by atoms with E-state index in [1.807, 2.05) is 12.2 Å². The Morgan fingerprint density at radius 3 is 2.67 bits per heavy atom. The van der Waals surface area contributed by atoms with Gasteiger partial charge >= 0.3 is 6.18 Å². The van der Waals surface area contributed by atoms with E-state index in [4.69, 9.17) is 14.2 Å². The van der Waals surface area contributed by atoms with Gasteiger partial charge in [0.2, 0.25) is 5.88 Å². The fraction of sp³-hybridized carbons (Fsp3) is 0.150. The number of halogens is 3. The molecular formula is C20H14F3NO3. The van der Waals surface area contributed by atoms with Crippen molar-refractivity contribution in [2.45, 2.75) is 19.0 Å². The van der Waals surface area contributed by atoms with Crippen LogP contribution in [0.25, 0.3) is 0 Å². The van der Waals surface area contributed by atoms with Gasteiger partial charge in [0.05, 0.1) is 5.56 Å². The predicted molar refractivity (Wildman–Crippen MR) is 91.6 cm³/mol. The predicted octanol–water partition coefficient (Wildman–Crippen LogP) is 5.78. The third-order valence-electron chi connectivity index (χ3n) is 4.04. The minimum Gasteiger partial charge on any atom is -0.457 e. The smallest absolute Gasteiger partial charge is 0.417 e. The largest absolute Gasteiger partial charge is 0.457 e. The number of hydrogen-bond donors (Lipinski definition) is 0. The molecule has 138 valence electrons. The van der Waals surface area contributed by atoms with Crippen LogP contribution in [0.2, 0.25) is 0 Å². The summed E-state index contributed by atoms with van der Waals surface area (Å²) in [6, 6.07) is 7.00. The summed E-state index contributed by atoms with van der Waals surface area (Å²) >= 11 is 0. The Kier molecular flexibility index (Phi) is 4.35. The molecule has 4 rings (SSSR count). The van der Waals surface area contributed by atoms with Gasteiger partial charge in [0.1, 0.15) is 12.0 Å². The van der Waals surface area contributed by atoms with E-state index < -0.39 is 11.7 Å². The number of alkyl halides is 3. The van der Waals surface area contributed by atoms with Crippen LogP contribution in [-0.4, -0.2) is 4.98 Å². The van der Waals surface area contributed by atoms with Crippen molar-refractivity contribution in [1.29, 1.82) is 0 Å². The van der Waals surface area contributed by atoms with Crippen LogP contribution in [-0.2, 0) is 6.18 Å². The maximum Gasteiger partial charge on any atom is 0.417 e. The SMILES string of the molecule is FC(F)(F)c1ccc(Oc2ccc3c(c2)OC=C(C2=CC=CCC2)O3)nc1. The van der Waals surface area contributed by atoms with Crippen molar-refractivity contribution in [1.82, 2.24) is 4.98 Å². The van der Waals surface area contributed by atoms with Crippen molar-refractivity contribution in [2.24, 2.45) is 0 Å². The lowest BCUT2D eigenvalue weighted by atomic mass is 10.0. The maximum absolute atomic E-state index is 12.6. The molecule has 1 aromatic carbocycles. The molecule has 27 heavy (non-hydrogen) atoms. The Bertz CT molecular complexity index is 944. The number of fused-ring (bicyclic) bond motifs is 1. The molecule has 2 aromatic rings. The Labute approximate surface area is 153 Å². The van der Waals surface area contributed by atoms with Crippen LogP contribution < -0.4 is 14.2 Å². The molecule has 0 N–H and O–H groups in total. The van der Waals surface area contributed by atoms with E-state index >= 15 is 0 Å². The van der Waals surface area contributed by atoms with Crippen LogP contribution in [0.3, 0.4) is 0 Å². The molecule has 1 aliphatic heterocycles. The molecule has 0 unspecified atom stereocenters. The highest BCUT2D eigenvalue weighted by atomic mass is 19.4. The molecule has 0 bridgehead atoms. The maximum atomic E-state index is 12.6. The van der Waals surface area contributed by atoms with Gasteiger partial charge in [-0.15, -0.1) is 0 Å². The van der Waals surface area contributed by atoms with Gasteiger partial charge in [-0.25, -0.2) is 4.98 Å². The zero-order chi connectivity index (χ0) is 18.9. The normalized spacial score (nSPS) is 15.8. The molecule has 2 aliphatic rings. The van der Waals surface area contributed by atoms with Crippen LogP contribution in [0.15, 0.2) is 72.4 Å². The van der Waals surface area contributed by atoms with E-state index in [-0.39, 0.29) is 5.88 Å². The highest BCUT2D eigenvalue weighted by Gasteiger charge is 2.30. The summed E-state index contributed by atoms with van der Waals surface area (Å²) in [5.41, 5.74) is 0.221. The lowest BCUT2D eigenvalue weighted by molar-refractivity contribution is -0.137. The molecule has 0 fully saturated rings. The van der Waals surface area contributed by atoms with Crippen molar-refractivity contribution in [3.8, 4) is 23.1 Å². The molecule has 1 aromatic heterocycles. The fourth-order valence-corrected chi connectivity index (χ4v) is 2.67. The third kappa shape index (κ3) is 3.81. The summed E-state index contributed by atoms with van der Waals surface area (Å²) in [5, 5.41) is 0. The lowest BCUT2D eigenvalue weighted by Crippen LogP contribution is -2.08. The number of hydrogen-bond acceptors (Lipinski definition) is 4. The highest BCUT2D eigenvalue weighted by molar-refractivity contribution is 5.50. The molecule has 4 nitrogen and oxygen atoms in total. The first-order valence-corrected chi connectivity index (χ1v) is 8.25. The van der Waals surface area contributed by atoms with E-state index in [1.165, 1.54) is 12.3 Å². The van der Waals surface area contributed by atoms with E-state index in [0.29, 0.717) is 23.0 Å². The average molecular weight is 373 g/mol. The average Bonchev–Trinajstić information content (AvgIpc) is 2.68. The van der Waals surface area contributed by atoms with Gasteiger partial charge in [-0.05, 0) is 36.6 Å². The van der Waals surface area contributed by atoms with Crippen LogP contribution in [0.1, 0.15) is 18.4 Å². The minimum atomic E-state index is -4.43. The standard InChI is InChI=1S/C20H14F3NO3/c21-20(22,23)14-6-9-19(24-11-14)26-15-7-8-16-17(10-15)25-12-18(27-16)13-4-2-1-3-5-13/h1-2,4,6-12H,3,5H2. The Morgan fingerprint density at radius 1 is 1.07 bits per heavy atom. The van der Waals surface area contributed by atoms with E-state index in [9.17, 15) is 13.2 Å². The number of allylic oxidation sites excluding steroid dienone is 4. The molecule has 0 radical (unpaired) electrons. The first-order valence-electron chi connectivity index (χ1n) is 8.25. The van der Waals surface area contributed by atoms with Gasteiger partial charge in [-0.2, -0.15) is 13.2 Å². The summed E-state index contributed by atoms with van der Waals surface area (Å²) in [4.78, 5) is 3.69. The number of pyridine rings is 1. The quantitative estimate of drug-likeness (QED) is 0.684. The van der Waals surface area contributed by atoms with Gasteiger partial charge in [0, 0.05) is 18.3 Å². The summed E-state index contributed by atoms with van der Waals surface area (Å²) < 4.78 is 54.7. The number of rotatable bonds is 3. The second kappa shape index (κ2) is 6.83. The molecular weight excluding hydrogens is 359 g/mol. The topological polar surface area (TPSA) is 40.6 Å². The summed E-state index contributed by atoms with van der Waals surface area (Å²) in [6.45, 7) is 0. The molecule has 7 heteroatoms. The zero-order valence-corrected chi connectivity index (χ0v) is 14.0. The first-order chi connectivity index (χ1) is 13.0. The van der Waals surface area contributed by atoms with Crippen molar-refractivity contribution < 1.29 is 27.4 Å². The molecule has 0 saturated carbocycles. The van der Waals surface area contributed by atoms with Gasteiger partial charge in [-0.3, -0.25) is 0 Å². The third-order valence-corrected chi connectivity index (χ3v) is 4.04. The Balaban J connectivity index is 1.48. The molecule has 0 spiro atoms. The highest BCUT2D eigenvalue weighted by Crippen LogP contribution is 2.39. The summed E-state index contributed by atoms with van der Waals surface area (Å²) in [5.74, 6) is 2.08. The Morgan fingerprint density at radius 2 is 1.96 bits per heavy atom. The van der Waals surface area contributed by atoms with Crippen LogP contribution in [0.5, 0.6) is 23.1 Å². The van der Waals surface area contributed by atoms with Crippen LogP contribution in [0.4, 0.5) is 13.2 Å². The van der Waals surface area contributed by atoms with Gasteiger partial charge < -0.3 is 14.2 Å². The van der Waals surface area contributed by atoms with Crippen molar-refractivity contribution >= 4 is 0 Å². The molecule has 0 atom stereocenters. The fourth-order valence-electron chi connectivity index (χ4n) is 2.67. The van der Waals surface area contributed by atoms with E-state index in [2.05, 4.69) is 11.1 Å². The number of benzene rings is 1. The van der Waals surface area contributed by atoms with Crippen LogP contribution in [0, 0.1) is 0 Å². The van der Waals surface area contributed by atoms with Gasteiger partial charge in [0.15, 0.2) is 17.3 Å². The molecule has 2 heterocycles. The van der Waals surface area contributed by atoms with Crippen molar-refractivity contribution in [3.05, 3.63) is 77.9 Å². The summed E-state index contributed by atoms with van der Waals surface area (Å²) in [7, 11) is 0. The number of aromatic nitrogens is 1. The first kappa shape index (κ1) is 17.2. The van der Waals surface area contributed by atoms with Crippen LogP contribution >= 0.6 is 0 Å². The van der Waals surface area contributed by atoms with Crippen molar-refractivity contribution in [2.75, 3.05) is 0 Å². The minimum absolute atomic E-state index is 0.0510. The Hall–Kier alpha value is -3.22. The number of nitrogens with zero attached hydrogens (tertiary/aromatic N) is 1.